The number of ether oxygens (including phenoxy) is 1. The molecule has 0 atom stereocenters. The van der Waals surface area contributed by atoms with Crippen LogP contribution in [0, 0.1) is 0 Å². The topological polar surface area (TPSA) is 59.5 Å². The number of likely N-dealkylation sites (N-methyl/N-ethyl adjacent to an activating group) is 1. The van der Waals surface area contributed by atoms with Gasteiger partial charge in [-0.25, -0.2) is 9.78 Å². The maximum atomic E-state index is 12.0. The van der Waals surface area contributed by atoms with Crippen molar-refractivity contribution in [1.29, 1.82) is 0 Å². The van der Waals surface area contributed by atoms with Gasteiger partial charge in [-0.2, -0.15) is 0 Å². The molecule has 0 aliphatic rings. The molecule has 0 N–H and O–H groups in total. The number of amides is 1. The molecule has 0 saturated carbocycles. The summed E-state index contributed by atoms with van der Waals surface area (Å²) in [6.07, 6.45) is 1.24. The molecule has 0 aliphatic carbocycles. The standard InChI is InChI=1S/C15H12Cl2N2O3/c1-19(11-5-3-2-4-6-11)13(20)9-22-15(21)10-7-12(16)14(17)18-8-10/h2-8H,9H2,1H3. The maximum absolute atomic E-state index is 12.0. The van der Waals surface area contributed by atoms with Gasteiger partial charge in [-0.15, -0.1) is 0 Å². The Hall–Kier alpha value is -2.11. The number of halogens is 2. The van der Waals surface area contributed by atoms with Crippen molar-refractivity contribution in [2.24, 2.45) is 0 Å². The highest BCUT2D eigenvalue weighted by Crippen LogP contribution is 2.20. The quantitative estimate of drug-likeness (QED) is 0.634. The number of para-hydroxylation sites is 1. The zero-order valence-corrected chi connectivity index (χ0v) is 13.1. The molecule has 0 spiro atoms. The van der Waals surface area contributed by atoms with Gasteiger partial charge in [0, 0.05) is 18.9 Å². The van der Waals surface area contributed by atoms with E-state index in [-0.39, 0.29) is 28.3 Å². The third-order valence-electron chi connectivity index (χ3n) is 2.88. The first-order valence-electron chi connectivity index (χ1n) is 6.29. The zero-order chi connectivity index (χ0) is 16.1. The molecule has 7 heteroatoms. The summed E-state index contributed by atoms with van der Waals surface area (Å²) in [5.41, 5.74) is 0.837. The van der Waals surface area contributed by atoms with Gasteiger partial charge in [-0.3, -0.25) is 4.79 Å². The van der Waals surface area contributed by atoms with Gasteiger partial charge in [0.1, 0.15) is 5.15 Å². The zero-order valence-electron chi connectivity index (χ0n) is 11.6. The smallest absolute Gasteiger partial charge is 0.340 e. The van der Waals surface area contributed by atoms with E-state index in [2.05, 4.69) is 4.98 Å². The average Bonchev–Trinajstić information content (AvgIpc) is 2.54. The SMILES string of the molecule is CN(C(=O)COC(=O)c1cnc(Cl)c(Cl)c1)c1ccccc1. The van der Waals surface area contributed by atoms with Crippen LogP contribution in [0.5, 0.6) is 0 Å². The van der Waals surface area contributed by atoms with Gasteiger partial charge in [0.2, 0.25) is 0 Å². The number of carbonyl (C=O) groups excluding carboxylic acids is 2. The van der Waals surface area contributed by atoms with E-state index in [1.54, 1.807) is 19.2 Å². The lowest BCUT2D eigenvalue weighted by atomic mass is 10.3. The molecule has 1 aromatic heterocycles. The van der Waals surface area contributed by atoms with Crippen molar-refractivity contribution < 1.29 is 14.3 Å². The van der Waals surface area contributed by atoms with Crippen LogP contribution in [0.15, 0.2) is 42.6 Å². The number of esters is 1. The Morgan fingerprint density at radius 1 is 1.23 bits per heavy atom. The second-order valence-electron chi connectivity index (χ2n) is 4.36. The Balaban J connectivity index is 1.96. The lowest BCUT2D eigenvalue weighted by Gasteiger charge is -2.17. The van der Waals surface area contributed by atoms with Gasteiger partial charge in [0.25, 0.3) is 5.91 Å². The molecule has 5 nitrogen and oxygen atoms in total. The third-order valence-corrected chi connectivity index (χ3v) is 3.56. The first-order valence-corrected chi connectivity index (χ1v) is 7.04. The van der Waals surface area contributed by atoms with Crippen LogP contribution in [0.1, 0.15) is 10.4 Å². The number of nitrogens with zero attached hydrogens (tertiary/aromatic N) is 2. The number of rotatable bonds is 4. The fraction of sp³-hybridized carbons (Fsp3) is 0.133. The molecule has 1 aromatic carbocycles. The van der Waals surface area contributed by atoms with E-state index in [4.69, 9.17) is 27.9 Å². The van der Waals surface area contributed by atoms with Crippen molar-refractivity contribution in [2.45, 2.75) is 0 Å². The predicted octanol–water partition coefficient (Wildman–Crippen LogP) is 3.21. The molecule has 0 aliphatic heterocycles. The number of hydrogen-bond acceptors (Lipinski definition) is 4. The normalized spacial score (nSPS) is 10.1. The van der Waals surface area contributed by atoms with Crippen molar-refractivity contribution >= 4 is 40.8 Å². The highest BCUT2D eigenvalue weighted by molar-refractivity contribution is 6.41. The molecule has 22 heavy (non-hydrogen) atoms. The fourth-order valence-corrected chi connectivity index (χ4v) is 1.91. The summed E-state index contributed by atoms with van der Waals surface area (Å²) in [4.78, 5) is 29.0. The molecule has 0 unspecified atom stereocenters. The number of aromatic nitrogens is 1. The van der Waals surface area contributed by atoms with Gasteiger partial charge in [0.05, 0.1) is 10.6 Å². The van der Waals surface area contributed by atoms with Crippen molar-refractivity contribution in [3.05, 3.63) is 58.3 Å². The average molecular weight is 339 g/mol. The summed E-state index contributed by atoms with van der Waals surface area (Å²) in [6, 6.07) is 10.4. The largest absolute Gasteiger partial charge is 0.452 e. The van der Waals surface area contributed by atoms with E-state index in [9.17, 15) is 9.59 Å². The van der Waals surface area contributed by atoms with Gasteiger partial charge in [0.15, 0.2) is 6.61 Å². The fourth-order valence-electron chi connectivity index (χ4n) is 1.64. The van der Waals surface area contributed by atoms with E-state index in [0.717, 1.165) is 0 Å². The monoisotopic (exact) mass is 338 g/mol. The minimum atomic E-state index is -0.694. The Bertz CT molecular complexity index is 692. The Labute approximate surface area is 137 Å². The van der Waals surface area contributed by atoms with Crippen LogP contribution < -0.4 is 4.90 Å². The Kier molecular flexibility index (Phi) is 5.35. The molecule has 2 aromatic rings. The number of carbonyl (C=O) groups is 2. The van der Waals surface area contributed by atoms with Gasteiger partial charge in [-0.1, -0.05) is 41.4 Å². The molecule has 0 fully saturated rings. The highest BCUT2D eigenvalue weighted by Gasteiger charge is 2.15. The second kappa shape index (κ2) is 7.24. The molecule has 0 saturated heterocycles. The molecule has 1 heterocycles. The predicted molar refractivity (Wildman–Crippen MR) is 84.4 cm³/mol. The number of benzene rings is 1. The Morgan fingerprint density at radius 2 is 1.91 bits per heavy atom. The minimum absolute atomic E-state index is 0.0955. The number of pyridine rings is 1. The van der Waals surface area contributed by atoms with Gasteiger partial charge in [-0.05, 0) is 18.2 Å². The van der Waals surface area contributed by atoms with Crippen molar-refractivity contribution in [1.82, 2.24) is 4.98 Å². The van der Waals surface area contributed by atoms with Crippen LogP contribution >= 0.6 is 23.2 Å². The molecule has 0 radical (unpaired) electrons. The molecule has 1 amide bonds. The lowest BCUT2D eigenvalue weighted by Crippen LogP contribution is -2.31. The summed E-state index contributed by atoms with van der Waals surface area (Å²) >= 11 is 11.4. The molecule has 114 valence electrons. The van der Waals surface area contributed by atoms with Crippen molar-refractivity contribution in [3.63, 3.8) is 0 Å². The van der Waals surface area contributed by atoms with E-state index < -0.39 is 5.97 Å². The lowest BCUT2D eigenvalue weighted by molar-refractivity contribution is -0.121. The highest BCUT2D eigenvalue weighted by atomic mass is 35.5. The summed E-state index contributed by atoms with van der Waals surface area (Å²) < 4.78 is 4.96. The number of hydrogen-bond donors (Lipinski definition) is 0. The van der Waals surface area contributed by atoms with Crippen molar-refractivity contribution in [3.8, 4) is 0 Å². The van der Waals surface area contributed by atoms with Crippen LogP contribution in [-0.2, 0) is 9.53 Å². The summed E-state index contributed by atoms with van der Waals surface area (Å²) in [6.45, 7) is -0.384. The maximum Gasteiger partial charge on any atom is 0.340 e. The van der Waals surface area contributed by atoms with E-state index >= 15 is 0 Å². The summed E-state index contributed by atoms with van der Waals surface area (Å²) in [7, 11) is 1.60. The first kappa shape index (κ1) is 16.3. The summed E-state index contributed by atoms with van der Waals surface area (Å²) in [5.74, 6) is -1.05. The van der Waals surface area contributed by atoms with E-state index in [1.807, 2.05) is 18.2 Å². The van der Waals surface area contributed by atoms with Crippen LogP contribution in [0.2, 0.25) is 10.2 Å². The molecule has 0 bridgehead atoms. The van der Waals surface area contributed by atoms with E-state index in [0.29, 0.717) is 5.69 Å². The van der Waals surface area contributed by atoms with Gasteiger partial charge >= 0.3 is 5.97 Å². The second-order valence-corrected chi connectivity index (χ2v) is 5.13. The Morgan fingerprint density at radius 3 is 2.55 bits per heavy atom. The minimum Gasteiger partial charge on any atom is -0.452 e. The van der Waals surface area contributed by atoms with E-state index in [1.165, 1.54) is 17.2 Å². The molecular formula is C15H12Cl2N2O3. The van der Waals surface area contributed by atoms with Crippen LogP contribution in [0.3, 0.4) is 0 Å². The molecule has 2 rings (SSSR count). The third kappa shape index (κ3) is 3.96. The van der Waals surface area contributed by atoms with Crippen LogP contribution in [0.25, 0.3) is 0 Å². The number of anilines is 1. The first-order chi connectivity index (χ1) is 10.5. The summed E-state index contributed by atoms with van der Waals surface area (Å²) in [5, 5.41) is 0.238. The van der Waals surface area contributed by atoms with Crippen LogP contribution in [-0.4, -0.2) is 30.5 Å². The molecular weight excluding hydrogens is 327 g/mol. The van der Waals surface area contributed by atoms with Gasteiger partial charge < -0.3 is 9.64 Å². The van der Waals surface area contributed by atoms with Crippen LogP contribution in [0.4, 0.5) is 5.69 Å². The van der Waals surface area contributed by atoms with Crippen molar-refractivity contribution in [2.75, 3.05) is 18.6 Å².